The lowest BCUT2D eigenvalue weighted by Crippen LogP contribution is -2.45. The molecule has 3 aliphatic heterocycles. The minimum Gasteiger partial charge on any atom is -0.370 e. The van der Waals surface area contributed by atoms with E-state index in [0.717, 1.165) is 32.1 Å². The van der Waals surface area contributed by atoms with Gasteiger partial charge in [0.25, 0.3) is 0 Å². The van der Waals surface area contributed by atoms with Gasteiger partial charge in [-0.15, -0.1) is 0 Å². The van der Waals surface area contributed by atoms with Crippen molar-refractivity contribution >= 4 is 5.91 Å². The highest BCUT2D eigenvalue weighted by Crippen LogP contribution is 2.28. The average Bonchev–Trinajstić information content (AvgIpc) is 2.76. The zero-order chi connectivity index (χ0) is 14.7. The first kappa shape index (κ1) is 14.5. The Bertz CT molecular complexity index is 476. The monoisotopic (exact) mass is 287 g/mol. The standard InChI is InChI=1S/C17H25N3O/c18-17(21)8-9-20-12-15-6-7-16(20)13-19(11-15)10-14-4-2-1-3-5-14/h1-5,15-16H,6-13H2,(H2,18,21)/t15-,16+/m0/s1. The Morgan fingerprint density at radius 1 is 1.14 bits per heavy atom. The van der Waals surface area contributed by atoms with Gasteiger partial charge in [-0.2, -0.15) is 0 Å². The SMILES string of the molecule is NC(=O)CCN1C[C@H]2CC[C@@H]1CN(Cc1ccccc1)C2. The lowest BCUT2D eigenvalue weighted by molar-refractivity contribution is -0.118. The molecule has 3 saturated heterocycles. The third kappa shape index (κ3) is 3.83. The second-order valence-corrected chi connectivity index (χ2v) is 6.49. The van der Waals surface area contributed by atoms with E-state index in [1.807, 2.05) is 0 Å². The van der Waals surface area contributed by atoms with Gasteiger partial charge in [0.05, 0.1) is 0 Å². The predicted molar refractivity (Wildman–Crippen MR) is 83.6 cm³/mol. The summed E-state index contributed by atoms with van der Waals surface area (Å²) < 4.78 is 0. The molecule has 2 atom stereocenters. The third-order valence-electron chi connectivity index (χ3n) is 4.80. The number of hydrogen-bond donors (Lipinski definition) is 1. The van der Waals surface area contributed by atoms with Crippen molar-refractivity contribution in [1.82, 2.24) is 9.80 Å². The first-order valence-electron chi connectivity index (χ1n) is 7.99. The Kier molecular flexibility index (Phi) is 4.56. The number of carbonyl (C=O) groups is 1. The van der Waals surface area contributed by atoms with E-state index in [1.165, 1.54) is 24.9 Å². The van der Waals surface area contributed by atoms with E-state index in [2.05, 4.69) is 40.1 Å². The molecular weight excluding hydrogens is 262 g/mol. The molecule has 114 valence electrons. The van der Waals surface area contributed by atoms with Crippen LogP contribution in [-0.2, 0) is 11.3 Å². The van der Waals surface area contributed by atoms with Crippen molar-refractivity contribution in [3.05, 3.63) is 35.9 Å². The Labute approximate surface area is 126 Å². The molecule has 3 heterocycles. The average molecular weight is 287 g/mol. The number of fused-ring (bicyclic) bond motifs is 4. The van der Waals surface area contributed by atoms with Crippen LogP contribution in [0.5, 0.6) is 0 Å². The quantitative estimate of drug-likeness (QED) is 0.892. The van der Waals surface area contributed by atoms with E-state index in [-0.39, 0.29) is 5.91 Å². The highest BCUT2D eigenvalue weighted by Gasteiger charge is 2.34. The van der Waals surface area contributed by atoms with Crippen molar-refractivity contribution in [2.45, 2.75) is 31.8 Å². The van der Waals surface area contributed by atoms with E-state index in [4.69, 9.17) is 5.73 Å². The highest BCUT2D eigenvalue weighted by molar-refractivity contribution is 5.73. The molecule has 0 aliphatic carbocycles. The first-order valence-corrected chi connectivity index (χ1v) is 7.99. The van der Waals surface area contributed by atoms with Gasteiger partial charge < -0.3 is 5.73 Å². The summed E-state index contributed by atoms with van der Waals surface area (Å²) in [5.74, 6) is 0.552. The summed E-state index contributed by atoms with van der Waals surface area (Å²) in [6.45, 7) is 5.29. The molecule has 0 radical (unpaired) electrons. The van der Waals surface area contributed by atoms with Crippen molar-refractivity contribution in [3.63, 3.8) is 0 Å². The fourth-order valence-corrected chi connectivity index (χ4v) is 3.77. The molecule has 1 amide bonds. The largest absolute Gasteiger partial charge is 0.370 e. The van der Waals surface area contributed by atoms with Gasteiger partial charge in [-0.05, 0) is 24.3 Å². The summed E-state index contributed by atoms with van der Waals surface area (Å²) in [4.78, 5) is 16.1. The van der Waals surface area contributed by atoms with Gasteiger partial charge in [-0.1, -0.05) is 30.3 Å². The molecule has 1 aromatic rings. The minimum atomic E-state index is -0.184. The highest BCUT2D eigenvalue weighted by atomic mass is 16.1. The zero-order valence-corrected chi connectivity index (χ0v) is 12.6. The van der Waals surface area contributed by atoms with Crippen molar-refractivity contribution in [2.24, 2.45) is 11.7 Å². The van der Waals surface area contributed by atoms with Gasteiger partial charge in [-0.25, -0.2) is 0 Å². The maximum atomic E-state index is 11.0. The summed E-state index contributed by atoms with van der Waals surface area (Å²) in [7, 11) is 0. The van der Waals surface area contributed by atoms with Crippen LogP contribution in [0.4, 0.5) is 0 Å². The molecule has 0 aromatic heterocycles. The number of hydrogen-bond acceptors (Lipinski definition) is 3. The van der Waals surface area contributed by atoms with Gasteiger partial charge in [0, 0.05) is 45.2 Å². The van der Waals surface area contributed by atoms with Crippen LogP contribution in [0.2, 0.25) is 0 Å². The van der Waals surface area contributed by atoms with E-state index in [1.54, 1.807) is 0 Å². The van der Waals surface area contributed by atoms with Gasteiger partial charge in [0.2, 0.25) is 5.91 Å². The molecule has 0 saturated carbocycles. The van der Waals surface area contributed by atoms with Crippen LogP contribution in [0.15, 0.2) is 30.3 Å². The summed E-state index contributed by atoms with van der Waals surface area (Å²) in [6, 6.07) is 11.3. The first-order chi connectivity index (χ1) is 10.2. The number of amides is 1. The Balaban J connectivity index is 1.62. The number of piperidine rings is 1. The molecule has 4 heteroatoms. The number of primary amides is 1. The lowest BCUT2D eigenvalue weighted by atomic mass is 9.95. The Hall–Kier alpha value is -1.39. The van der Waals surface area contributed by atoms with Gasteiger partial charge in [0.15, 0.2) is 0 Å². The van der Waals surface area contributed by atoms with Crippen molar-refractivity contribution < 1.29 is 4.79 Å². The van der Waals surface area contributed by atoms with Crippen molar-refractivity contribution in [1.29, 1.82) is 0 Å². The lowest BCUT2D eigenvalue weighted by Gasteiger charge is -2.35. The number of nitrogens with zero attached hydrogens (tertiary/aromatic N) is 2. The van der Waals surface area contributed by atoms with Crippen LogP contribution < -0.4 is 5.73 Å². The number of nitrogens with two attached hydrogens (primary N) is 1. The van der Waals surface area contributed by atoms with E-state index in [0.29, 0.717) is 12.5 Å². The molecule has 0 unspecified atom stereocenters. The number of benzene rings is 1. The second-order valence-electron chi connectivity index (χ2n) is 6.49. The summed E-state index contributed by atoms with van der Waals surface area (Å²) >= 11 is 0. The molecular formula is C17H25N3O. The summed E-state index contributed by atoms with van der Waals surface area (Å²) in [6.07, 6.45) is 3.07. The topological polar surface area (TPSA) is 49.6 Å². The molecule has 0 spiro atoms. The molecule has 3 aliphatic rings. The van der Waals surface area contributed by atoms with Gasteiger partial charge in [-0.3, -0.25) is 14.6 Å². The van der Waals surface area contributed by atoms with Crippen molar-refractivity contribution in [2.75, 3.05) is 26.2 Å². The van der Waals surface area contributed by atoms with Crippen LogP contribution in [0, 0.1) is 5.92 Å². The van der Waals surface area contributed by atoms with E-state index >= 15 is 0 Å². The minimum absolute atomic E-state index is 0.184. The number of rotatable bonds is 5. The van der Waals surface area contributed by atoms with Crippen LogP contribution in [0.25, 0.3) is 0 Å². The van der Waals surface area contributed by atoms with Crippen molar-refractivity contribution in [3.8, 4) is 0 Å². The second kappa shape index (κ2) is 6.58. The van der Waals surface area contributed by atoms with E-state index in [9.17, 15) is 4.79 Å². The Morgan fingerprint density at radius 3 is 2.71 bits per heavy atom. The molecule has 4 nitrogen and oxygen atoms in total. The molecule has 2 N–H and O–H groups in total. The fraction of sp³-hybridized carbons (Fsp3) is 0.588. The smallest absolute Gasteiger partial charge is 0.218 e. The molecule has 1 aromatic carbocycles. The number of carbonyl (C=O) groups excluding carboxylic acids is 1. The third-order valence-corrected chi connectivity index (χ3v) is 4.80. The van der Waals surface area contributed by atoms with Crippen LogP contribution in [-0.4, -0.2) is 47.9 Å². The molecule has 2 bridgehead atoms. The summed E-state index contributed by atoms with van der Waals surface area (Å²) in [5.41, 5.74) is 6.69. The molecule has 3 fully saturated rings. The van der Waals surface area contributed by atoms with Gasteiger partial charge in [0.1, 0.15) is 0 Å². The maximum Gasteiger partial charge on any atom is 0.218 e. The van der Waals surface area contributed by atoms with Crippen LogP contribution in [0.3, 0.4) is 0 Å². The predicted octanol–water partition coefficient (Wildman–Crippen LogP) is 1.46. The Morgan fingerprint density at radius 2 is 1.95 bits per heavy atom. The van der Waals surface area contributed by atoms with E-state index < -0.39 is 0 Å². The molecule has 21 heavy (non-hydrogen) atoms. The maximum absolute atomic E-state index is 11.0. The fourth-order valence-electron chi connectivity index (χ4n) is 3.77. The van der Waals surface area contributed by atoms with Gasteiger partial charge >= 0.3 is 0 Å². The molecule has 4 rings (SSSR count). The van der Waals surface area contributed by atoms with Crippen LogP contribution in [0.1, 0.15) is 24.8 Å². The normalized spacial score (nSPS) is 26.7. The summed E-state index contributed by atoms with van der Waals surface area (Å²) in [5, 5.41) is 0. The van der Waals surface area contributed by atoms with Crippen LogP contribution >= 0.6 is 0 Å². The zero-order valence-electron chi connectivity index (χ0n) is 12.6.